The molecule has 0 fully saturated rings. The fourth-order valence-corrected chi connectivity index (χ4v) is 1.64. The summed E-state index contributed by atoms with van der Waals surface area (Å²) in [6.07, 6.45) is 4.48. The molecule has 94 valence electrons. The van der Waals surface area contributed by atoms with E-state index in [1.807, 2.05) is 43.4 Å². The molecule has 0 radical (unpaired) electrons. The molecular weight excluding hydrogens is 226 g/mol. The van der Waals surface area contributed by atoms with Gasteiger partial charge in [0.1, 0.15) is 5.75 Å². The molecule has 0 aliphatic heterocycles. The van der Waals surface area contributed by atoms with Gasteiger partial charge < -0.3 is 10.2 Å². The fraction of sp³-hybridized carbons (Fsp3) is 0.214. The number of pyridine rings is 1. The van der Waals surface area contributed by atoms with E-state index in [-0.39, 0.29) is 0 Å². The zero-order valence-corrected chi connectivity index (χ0v) is 10.4. The van der Waals surface area contributed by atoms with Crippen molar-refractivity contribution in [2.24, 2.45) is 0 Å². The summed E-state index contributed by atoms with van der Waals surface area (Å²) in [5, 5.41) is 0. The molecule has 2 rings (SSSR count). The van der Waals surface area contributed by atoms with E-state index in [2.05, 4.69) is 15.8 Å². The number of nitrogens with one attached hydrogen (secondary N) is 2. The molecular formula is C14H17N3O. The first-order chi connectivity index (χ1) is 8.88. The van der Waals surface area contributed by atoms with Crippen LogP contribution >= 0.6 is 0 Å². The van der Waals surface area contributed by atoms with Crippen molar-refractivity contribution in [3.05, 3.63) is 54.4 Å². The number of anilines is 1. The summed E-state index contributed by atoms with van der Waals surface area (Å²) in [6, 6.07) is 11.9. The van der Waals surface area contributed by atoms with Gasteiger partial charge >= 0.3 is 0 Å². The summed E-state index contributed by atoms with van der Waals surface area (Å²) in [5.41, 5.74) is 8.11. The molecule has 4 nitrogen and oxygen atoms in total. The number of hydrogen-bond donors (Lipinski definition) is 2. The Labute approximate surface area is 107 Å². The van der Waals surface area contributed by atoms with Gasteiger partial charge in [0.25, 0.3) is 0 Å². The molecule has 0 atom stereocenters. The first-order valence-electron chi connectivity index (χ1n) is 5.93. The van der Waals surface area contributed by atoms with E-state index >= 15 is 0 Å². The van der Waals surface area contributed by atoms with Gasteiger partial charge in [-0.2, -0.15) is 0 Å². The van der Waals surface area contributed by atoms with Crippen LogP contribution in [0.5, 0.6) is 5.75 Å². The molecule has 18 heavy (non-hydrogen) atoms. The number of nitrogens with zero attached hydrogens (tertiary/aromatic N) is 1. The Balaban J connectivity index is 1.84. The molecule has 0 aliphatic carbocycles. The molecule has 1 heterocycles. The van der Waals surface area contributed by atoms with E-state index in [1.165, 1.54) is 5.56 Å². The van der Waals surface area contributed by atoms with Crippen LogP contribution in [0.25, 0.3) is 0 Å². The molecule has 0 saturated heterocycles. The Kier molecular flexibility index (Phi) is 4.55. The number of rotatable bonds is 6. The zero-order chi connectivity index (χ0) is 12.6. The van der Waals surface area contributed by atoms with Crippen molar-refractivity contribution >= 4 is 5.69 Å². The summed E-state index contributed by atoms with van der Waals surface area (Å²) in [5.74, 6) is 0.865. The highest BCUT2D eigenvalue weighted by Crippen LogP contribution is 2.16. The van der Waals surface area contributed by atoms with Gasteiger partial charge in [-0.25, -0.2) is 5.43 Å². The fourth-order valence-electron chi connectivity index (χ4n) is 1.64. The van der Waals surface area contributed by atoms with Crippen LogP contribution in [-0.2, 0) is 6.42 Å². The van der Waals surface area contributed by atoms with Crippen molar-refractivity contribution in [2.75, 3.05) is 19.1 Å². The normalized spacial score (nSPS) is 10.1. The highest BCUT2D eigenvalue weighted by Gasteiger charge is 1.97. The summed E-state index contributed by atoms with van der Waals surface area (Å²) < 4.78 is 5.71. The maximum atomic E-state index is 5.71. The molecule has 0 saturated carbocycles. The average molecular weight is 243 g/mol. The lowest BCUT2D eigenvalue weighted by Gasteiger charge is -2.09. The second-order valence-corrected chi connectivity index (χ2v) is 3.86. The third-order valence-electron chi connectivity index (χ3n) is 2.51. The van der Waals surface area contributed by atoms with Crippen LogP contribution in [0.4, 0.5) is 5.69 Å². The van der Waals surface area contributed by atoms with E-state index in [0.29, 0.717) is 6.61 Å². The van der Waals surface area contributed by atoms with E-state index in [0.717, 1.165) is 17.9 Å². The van der Waals surface area contributed by atoms with E-state index < -0.39 is 0 Å². The Bertz CT molecular complexity index is 473. The van der Waals surface area contributed by atoms with Crippen LogP contribution in [-0.4, -0.2) is 18.6 Å². The predicted molar refractivity (Wildman–Crippen MR) is 72.6 cm³/mol. The molecule has 1 aromatic heterocycles. The number of hydrogen-bond acceptors (Lipinski definition) is 4. The lowest BCUT2D eigenvalue weighted by molar-refractivity contribution is 0.322. The largest absolute Gasteiger partial charge is 0.493 e. The molecule has 4 heteroatoms. The Morgan fingerprint density at radius 1 is 1.17 bits per heavy atom. The predicted octanol–water partition coefficient (Wildman–Crippen LogP) is 2.25. The average Bonchev–Trinajstić information content (AvgIpc) is 2.41. The molecule has 2 N–H and O–H groups in total. The Morgan fingerprint density at radius 2 is 2.00 bits per heavy atom. The van der Waals surface area contributed by atoms with Crippen LogP contribution < -0.4 is 15.6 Å². The maximum Gasteiger partial charge on any atom is 0.121 e. The first-order valence-corrected chi connectivity index (χ1v) is 5.93. The maximum absolute atomic E-state index is 5.71. The van der Waals surface area contributed by atoms with Crippen LogP contribution in [0.1, 0.15) is 5.56 Å². The van der Waals surface area contributed by atoms with Gasteiger partial charge in [-0.3, -0.25) is 4.98 Å². The molecule has 0 spiro atoms. The smallest absolute Gasteiger partial charge is 0.121 e. The molecule has 1 aromatic carbocycles. The Morgan fingerprint density at radius 3 is 2.78 bits per heavy atom. The van der Waals surface area contributed by atoms with E-state index in [9.17, 15) is 0 Å². The lowest BCUT2D eigenvalue weighted by atomic mass is 10.2. The van der Waals surface area contributed by atoms with Crippen molar-refractivity contribution in [1.82, 2.24) is 10.4 Å². The highest BCUT2D eigenvalue weighted by molar-refractivity contribution is 5.47. The third kappa shape index (κ3) is 3.75. The minimum atomic E-state index is 0.660. The van der Waals surface area contributed by atoms with Crippen LogP contribution in [0, 0.1) is 0 Å². The molecule has 0 aliphatic rings. The first kappa shape index (κ1) is 12.4. The third-order valence-corrected chi connectivity index (χ3v) is 2.51. The second-order valence-electron chi connectivity index (χ2n) is 3.86. The van der Waals surface area contributed by atoms with Crippen molar-refractivity contribution < 1.29 is 4.74 Å². The van der Waals surface area contributed by atoms with Gasteiger partial charge in [-0.15, -0.1) is 0 Å². The summed E-state index contributed by atoms with van der Waals surface area (Å²) in [7, 11) is 1.83. The van der Waals surface area contributed by atoms with Crippen molar-refractivity contribution in [3.8, 4) is 5.75 Å². The number of ether oxygens (including phenoxy) is 1. The van der Waals surface area contributed by atoms with Crippen molar-refractivity contribution in [2.45, 2.75) is 6.42 Å². The van der Waals surface area contributed by atoms with Crippen molar-refractivity contribution in [1.29, 1.82) is 0 Å². The minimum Gasteiger partial charge on any atom is -0.493 e. The molecule has 0 amide bonds. The van der Waals surface area contributed by atoms with Gasteiger partial charge in [-0.1, -0.05) is 6.07 Å². The number of hydrazine groups is 1. The molecule has 0 bridgehead atoms. The van der Waals surface area contributed by atoms with E-state index in [1.54, 1.807) is 12.4 Å². The lowest BCUT2D eigenvalue weighted by Crippen LogP contribution is -2.14. The monoisotopic (exact) mass is 243 g/mol. The van der Waals surface area contributed by atoms with Gasteiger partial charge in [0.05, 0.1) is 12.3 Å². The minimum absolute atomic E-state index is 0.660. The topological polar surface area (TPSA) is 46.2 Å². The summed E-state index contributed by atoms with van der Waals surface area (Å²) >= 11 is 0. The van der Waals surface area contributed by atoms with Gasteiger partial charge in [0.15, 0.2) is 0 Å². The van der Waals surface area contributed by atoms with Crippen molar-refractivity contribution in [3.63, 3.8) is 0 Å². The molecule has 0 unspecified atom stereocenters. The van der Waals surface area contributed by atoms with Crippen LogP contribution in [0.15, 0.2) is 48.8 Å². The SMILES string of the molecule is CNNc1cccc(OCCc2ccncc2)c1. The zero-order valence-electron chi connectivity index (χ0n) is 10.4. The van der Waals surface area contributed by atoms with Crippen LogP contribution in [0.3, 0.4) is 0 Å². The quantitative estimate of drug-likeness (QED) is 0.764. The van der Waals surface area contributed by atoms with Crippen LogP contribution in [0.2, 0.25) is 0 Å². The molecule has 2 aromatic rings. The summed E-state index contributed by atoms with van der Waals surface area (Å²) in [4.78, 5) is 3.99. The van der Waals surface area contributed by atoms with Gasteiger partial charge in [0, 0.05) is 31.9 Å². The number of benzene rings is 1. The van der Waals surface area contributed by atoms with Gasteiger partial charge in [0.2, 0.25) is 0 Å². The standard InChI is InChI=1S/C14H17N3O/c1-15-17-13-3-2-4-14(11-13)18-10-7-12-5-8-16-9-6-12/h2-6,8-9,11,15,17H,7,10H2,1H3. The van der Waals surface area contributed by atoms with E-state index in [4.69, 9.17) is 4.74 Å². The number of aromatic nitrogens is 1. The Hall–Kier alpha value is -2.07. The van der Waals surface area contributed by atoms with Gasteiger partial charge in [-0.05, 0) is 29.8 Å². The second kappa shape index (κ2) is 6.61. The highest BCUT2D eigenvalue weighted by atomic mass is 16.5. The summed E-state index contributed by atoms with van der Waals surface area (Å²) in [6.45, 7) is 0.660.